The fourth-order valence-corrected chi connectivity index (χ4v) is 2.59. The third-order valence-corrected chi connectivity index (χ3v) is 3.81. The molecule has 2 atom stereocenters. The van der Waals surface area contributed by atoms with Gasteiger partial charge in [0, 0.05) is 23.6 Å². The smallest absolute Gasteiger partial charge is 0.130 e. The standard InChI is InChI=1S/C15H19ClN2O/c1-11(2)14-9-15(10-17,6-7-19-14)18-13-5-3-4-12(16)8-13/h3-5,8,11,14,18H,6-7,9H2,1-2H3. The Kier molecular flexibility index (Phi) is 4.34. The number of hydrogen-bond donors (Lipinski definition) is 1. The molecule has 0 aromatic heterocycles. The minimum atomic E-state index is -0.558. The lowest BCUT2D eigenvalue weighted by Crippen LogP contribution is -2.47. The molecule has 102 valence electrons. The molecule has 19 heavy (non-hydrogen) atoms. The molecule has 0 radical (unpaired) electrons. The van der Waals surface area contributed by atoms with E-state index >= 15 is 0 Å². The van der Waals surface area contributed by atoms with Crippen molar-refractivity contribution in [3.05, 3.63) is 29.3 Å². The van der Waals surface area contributed by atoms with E-state index in [-0.39, 0.29) is 6.10 Å². The molecule has 1 saturated heterocycles. The zero-order valence-electron chi connectivity index (χ0n) is 11.3. The van der Waals surface area contributed by atoms with E-state index in [1.807, 2.05) is 24.3 Å². The van der Waals surface area contributed by atoms with Crippen molar-refractivity contribution in [2.75, 3.05) is 11.9 Å². The summed E-state index contributed by atoms with van der Waals surface area (Å²) in [7, 11) is 0. The number of nitriles is 1. The first-order chi connectivity index (χ1) is 9.04. The summed E-state index contributed by atoms with van der Waals surface area (Å²) in [6, 6.07) is 9.93. The highest BCUT2D eigenvalue weighted by atomic mass is 35.5. The van der Waals surface area contributed by atoms with E-state index in [9.17, 15) is 5.26 Å². The van der Waals surface area contributed by atoms with Crippen molar-refractivity contribution in [1.82, 2.24) is 0 Å². The van der Waals surface area contributed by atoms with Gasteiger partial charge < -0.3 is 10.1 Å². The van der Waals surface area contributed by atoms with Gasteiger partial charge in [-0.05, 0) is 24.1 Å². The number of anilines is 1. The number of halogens is 1. The van der Waals surface area contributed by atoms with E-state index in [1.165, 1.54) is 0 Å². The third-order valence-electron chi connectivity index (χ3n) is 3.58. The molecular weight excluding hydrogens is 260 g/mol. The maximum Gasteiger partial charge on any atom is 0.130 e. The molecule has 0 aliphatic carbocycles. The molecule has 2 unspecified atom stereocenters. The van der Waals surface area contributed by atoms with Gasteiger partial charge in [-0.15, -0.1) is 0 Å². The van der Waals surface area contributed by atoms with Crippen molar-refractivity contribution in [3.63, 3.8) is 0 Å². The van der Waals surface area contributed by atoms with Crippen LogP contribution in [0.5, 0.6) is 0 Å². The molecule has 1 fully saturated rings. The van der Waals surface area contributed by atoms with Crippen LogP contribution in [0.1, 0.15) is 26.7 Å². The second kappa shape index (κ2) is 5.81. The second-order valence-electron chi connectivity index (χ2n) is 5.44. The van der Waals surface area contributed by atoms with Crippen LogP contribution < -0.4 is 5.32 Å². The topological polar surface area (TPSA) is 45.0 Å². The van der Waals surface area contributed by atoms with Crippen LogP contribution in [0.4, 0.5) is 5.69 Å². The zero-order chi connectivity index (χ0) is 13.9. The highest BCUT2D eigenvalue weighted by molar-refractivity contribution is 6.30. The van der Waals surface area contributed by atoms with Gasteiger partial charge in [-0.2, -0.15) is 5.26 Å². The van der Waals surface area contributed by atoms with Gasteiger partial charge in [-0.1, -0.05) is 31.5 Å². The first-order valence-electron chi connectivity index (χ1n) is 6.61. The van der Waals surface area contributed by atoms with Crippen molar-refractivity contribution in [2.24, 2.45) is 5.92 Å². The highest BCUT2D eigenvalue weighted by Gasteiger charge is 2.38. The van der Waals surface area contributed by atoms with Crippen LogP contribution in [-0.4, -0.2) is 18.2 Å². The quantitative estimate of drug-likeness (QED) is 0.913. The van der Waals surface area contributed by atoms with Crippen molar-refractivity contribution in [3.8, 4) is 6.07 Å². The Labute approximate surface area is 119 Å². The van der Waals surface area contributed by atoms with Gasteiger partial charge in [0.2, 0.25) is 0 Å². The maximum atomic E-state index is 9.57. The van der Waals surface area contributed by atoms with Gasteiger partial charge in [0.1, 0.15) is 5.54 Å². The molecule has 0 spiro atoms. The predicted molar refractivity (Wildman–Crippen MR) is 77.2 cm³/mol. The third kappa shape index (κ3) is 3.40. The molecule has 1 aliphatic heterocycles. The molecular formula is C15H19ClN2O. The van der Waals surface area contributed by atoms with Gasteiger partial charge >= 0.3 is 0 Å². The Morgan fingerprint density at radius 3 is 2.95 bits per heavy atom. The SMILES string of the molecule is CC(C)C1CC(C#N)(Nc2cccc(Cl)c2)CCO1. The lowest BCUT2D eigenvalue weighted by molar-refractivity contribution is -0.0272. The van der Waals surface area contributed by atoms with Crippen LogP contribution in [0.3, 0.4) is 0 Å². The average molecular weight is 279 g/mol. The predicted octanol–water partition coefficient (Wildman–Crippen LogP) is 3.85. The Morgan fingerprint density at radius 2 is 2.32 bits per heavy atom. The van der Waals surface area contributed by atoms with E-state index in [0.29, 0.717) is 30.4 Å². The van der Waals surface area contributed by atoms with Crippen LogP contribution in [0.2, 0.25) is 5.02 Å². The minimum absolute atomic E-state index is 0.125. The average Bonchev–Trinajstić information content (AvgIpc) is 2.39. The highest BCUT2D eigenvalue weighted by Crippen LogP contribution is 2.32. The molecule has 2 rings (SSSR count). The molecule has 0 amide bonds. The summed E-state index contributed by atoms with van der Waals surface area (Å²) in [6.07, 6.45) is 1.52. The fourth-order valence-electron chi connectivity index (χ4n) is 2.40. The largest absolute Gasteiger partial charge is 0.378 e. The van der Waals surface area contributed by atoms with Gasteiger partial charge in [0.15, 0.2) is 0 Å². The van der Waals surface area contributed by atoms with E-state index in [2.05, 4.69) is 25.2 Å². The number of rotatable bonds is 3. The molecule has 0 bridgehead atoms. The Bertz CT molecular complexity index is 483. The van der Waals surface area contributed by atoms with E-state index < -0.39 is 5.54 Å². The van der Waals surface area contributed by atoms with E-state index in [1.54, 1.807) is 0 Å². The summed E-state index contributed by atoms with van der Waals surface area (Å²) in [6.45, 7) is 4.86. The van der Waals surface area contributed by atoms with E-state index in [4.69, 9.17) is 16.3 Å². The van der Waals surface area contributed by atoms with Crippen molar-refractivity contribution < 1.29 is 4.74 Å². The number of benzene rings is 1. The van der Waals surface area contributed by atoms with Gasteiger partial charge in [-0.25, -0.2) is 0 Å². The zero-order valence-corrected chi connectivity index (χ0v) is 12.1. The van der Waals surface area contributed by atoms with E-state index in [0.717, 1.165) is 5.69 Å². The monoisotopic (exact) mass is 278 g/mol. The van der Waals surface area contributed by atoms with Crippen LogP contribution in [0.15, 0.2) is 24.3 Å². The summed E-state index contributed by atoms with van der Waals surface area (Å²) >= 11 is 5.98. The fraction of sp³-hybridized carbons (Fsp3) is 0.533. The van der Waals surface area contributed by atoms with Crippen molar-refractivity contribution in [1.29, 1.82) is 5.26 Å². The van der Waals surface area contributed by atoms with Gasteiger partial charge in [0.05, 0.1) is 18.8 Å². The molecule has 1 aromatic rings. The van der Waals surface area contributed by atoms with Crippen LogP contribution in [0, 0.1) is 17.2 Å². The summed E-state index contributed by atoms with van der Waals surface area (Å²) in [4.78, 5) is 0. The first kappa shape index (κ1) is 14.2. The lowest BCUT2D eigenvalue weighted by Gasteiger charge is -2.38. The number of nitrogens with zero attached hydrogens (tertiary/aromatic N) is 1. The Hall–Kier alpha value is -1.24. The van der Waals surface area contributed by atoms with Crippen LogP contribution >= 0.6 is 11.6 Å². The number of nitrogens with one attached hydrogen (secondary N) is 1. The first-order valence-corrected chi connectivity index (χ1v) is 6.99. The number of hydrogen-bond acceptors (Lipinski definition) is 3. The van der Waals surface area contributed by atoms with Crippen LogP contribution in [-0.2, 0) is 4.74 Å². The molecule has 3 nitrogen and oxygen atoms in total. The van der Waals surface area contributed by atoms with Crippen molar-refractivity contribution in [2.45, 2.75) is 38.3 Å². The Balaban J connectivity index is 2.17. The molecule has 1 aliphatic rings. The summed E-state index contributed by atoms with van der Waals surface area (Å²) in [5, 5.41) is 13.6. The number of ether oxygens (including phenoxy) is 1. The van der Waals surface area contributed by atoms with Crippen LogP contribution in [0.25, 0.3) is 0 Å². The minimum Gasteiger partial charge on any atom is -0.378 e. The summed E-state index contributed by atoms with van der Waals surface area (Å²) in [5.41, 5.74) is 0.330. The van der Waals surface area contributed by atoms with Gasteiger partial charge in [-0.3, -0.25) is 0 Å². The summed E-state index contributed by atoms with van der Waals surface area (Å²) in [5.74, 6) is 0.411. The molecule has 1 aromatic carbocycles. The lowest BCUT2D eigenvalue weighted by atomic mass is 9.84. The molecule has 1 heterocycles. The maximum absolute atomic E-state index is 9.57. The second-order valence-corrected chi connectivity index (χ2v) is 5.87. The van der Waals surface area contributed by atoms with Crippen molar-refractivity contribution >= 4 is 17.3 Å². The molecule has 1 N–H and O–H groups in total. The Morgan fingerprint density at radius 1 is 1.53 bits per heavy atom. The normalized spacial score (nSPS) is 27.0. The summed E-state index contributed by atoms with van der Waals surface area (Å²) < 4.78 is 5.74. The van der Waals surface area contributed by atoms with Gasteiger partial charge in [0.25, 0.3) is 0 Å². The molecule has 0 saturated carbocycles. The molecule has 4 heteroatoms.